The van der Waals surface area contributed by atoms with Crippen LogP contribution in [0.15, 0.2) is 18.2 Å². The van der Waals surface area contributed by atoms with Crippen molar-refractivity contribution in [1.29, 1.82) is 0 Å². The van der Waals surface area contributed by atoms with Gasteiger partial charge in [-0.15, -0.1) is 0 Å². The molecule has 0 amide bonds. The minimum Gasteiger partial charge on any atom is -0.494 e. The summed E-state index contributed by atoms with van der Waals surface area (Å²) in [6, 6.07) is 3.62. The Hall–Kier alpha value is -1.07. The first-order chi connectivity index (χ1) is 6.13. The minimum atomic E-state index is -1.67. The van der Waals surface area contributed by atoms with Crippen LogP contribution in [0, 0.1) is 5.82 Å². The molecule has 74 valence electrons. The van der Waals surface area contributed by atoms with E-state index < -0.39 is 12.9 Å². The highest BCUT2D eigenvalue weighted by Crippen LogP contribution is 2.10. The smallest absolute Gasteiger partial charge is 0.488 e. The van der Waals surface area contributed by atoms with Gasteiger partial charge in [-0.05, 0) is 24.5 Å². The Bertz CT molecular complexity index is 299. The van der Waals surface area contributed by atoms with Crippen molar-refractivity contribution >= 4 is 12.6 Å². The SMILES string of the molecule is CCOc1cc(F)cc(B(O)O)c1.[HH].[HH]. The summed E-state index contributed by atoms with van der Waals surface area (Å²) in [7, 11) is -1.67. The highest BCUT2D eigenvalue weighted by Gasteiger charge is 2.13. The molecule has 3 nitrogen and oxygen atoms in total. The van der Waals surface area contributed by atoms with E-state index in [0.29, 0.717) is 12.4 Å². The van der Waals surface area contributed by atoms with Gasteiger partial charge in [-0.25, -0.2) is 4.39 Å². The van der Waals surface area contributed by atoms with Crippen molar-refractivity contribution in [3.8, 4) is 5.75 Å². The van der Waals surface area contributed by atoms with Crippen LogP contribution in [0.2, 0.25) is 0 Å². The zero-order chi connectivity index (χ0) is 9.84. The topological polar surface area (TPSA) is 49.7 Å². The molecular formula is C8H14BFO3. The quantitative estimate of drug-likeness (QED) is 0.674. The lowest BCUT2D eigenvalue weighted by Gasteiger charge is -2.05. The third-order valence-corrected chi connectivity index (χ3v) is 1.50. The Morgan fingerprint density at radius 2 is 2.15 bits per heavy atom. The predicted octanol–water partition coefficient (Wildman–Crippen LogP) is 0.396. The van der Waals surface area contributed by atoms with Gasteiger partial charge in [-0.3, -0.25) is 0 Å². The van der Waals surface area contributed by atoms with Crippen molar-refractivity contribution in [3.63, 3.8) is 0 Å². The Balaban J connectivity index is 0. The molecule has 0 aliphatic carbocycles. The van der Waals surface area contributed by atoms with Crippen molar-refractivity contribution in [2.75, 3.05) is 6.61 Å². The van der Waals surface area contributed by atoms with Crippen molar-refractivity contribution < 1.29 is 22.0 Å². The Morgan fingerprint density at radius 3 is 2.69 bits per heavy atom. The van der Waals surface area contributed by atoms with Gasteiger partial charge in [-0.1, -0.05) is 0 Å². The first-order valence-electron chi connectivity index (χ1n) is 3.93. The van der Waals surface area contributed by atoms with Crippen LogP contribution in [-0.4, -0.2) is 23.8 Å². The van der Waals surface area contributed by atoms with E-state index in [1.165, 1.54) is 12.1 Å². The van der Waals surface area contributed by atoms with Crippen LogP contribution < -0.4 is 10.2 Å². The molecule has 0 aliphatic heterocycles. The van der Waals surface area contributed by atoms with Crippen molar-refractivity contribution in [1.82, 2.24) is 0 Å². The van der Waals surface area contributed by atoms with Crippen LogP contribution in [-0.2, 0) is 0 Å². The predicted molar refractivity (Wildman–Crippen MR) is 51.6 cm³/mol. The molecule has 0 saturated carbocycles. The molecule has 0 unspecified atom stereocenters. The molecule has 5 heteroatoms. The van der Waals surface area contributed by atoms with Crippen LogP contribution >= 0.6 is 0 Å². The molecule has 0 bridgehead atoms. The fraction of sp³-hybridized carbons (Fsp3) is 0.250. The van der Waals surface area contributed by atoms with Crippen LogP contribution in [0.4, 0.5) is 4.39 Å². The van der Waals surface area contributed by atoms with E-state index in [0.717, 1.165) is 6.07 Å². The lowest BCUT2D eigenvalue weighted by atomic mass is 9.80. The number of hydrogen-bond acceptors (Lipinski definition) is 3. The van der Waals surface area contributed by atoms with E-state index in [9.17, 15) is 4.39 Å². The fourth-order valence-corrected chi connectivity index (χ4v) is 0.983. The van der Waals surface area contributed by atoms with Crippen LogP contribution in [0.3, 0.4) is 0 Å². The van der Waals surface area contributed by atoms with Gasteiger partial charge in [0.25, 0.3) is 0 Å². The zero-order valence-corrected chi connectivity index (χ0v) is 7.20. The first-order valence-corrected chi connectivity index (χ1v) is 3.93. The molecule has 0 aliphatic rings. The van der Waals surface area contributed by atoms with Crippen LogP contribution in [0.5, 0.6) is 5.75 Å². The molecule has 0 atom stereocenters. The van der Waals surface area contributed by atoms with E-state index in [-0.39, 0.29) is 8.32 Å². The van der Waals surface area contributed by atoms with Gasteiger partial charge in [0.05, 0.1) is 6.61 Å². The second-order valence-corrected chi connectivity index (χ2v) is 2.53. The van der Waals surface area contributed by atoms with Gasteiger partial charge in [0, 0.05) is 8.92 Å². The molecular weight excluding hydrogens is 174 g/mol. The Morgan fingerprint density at radius 1 is 1.46 bits per heavy atom. The molecule has 0 spiro atoms. The maximum absolute atomic E-state index is 12.8. The second kappa shape index (κ2) is 4.25. The molecule has 1 rings (SSSR count). The van der Waals surface area contributed by atoms with Gasteiger partial charge < -0.3 is 14.8 Å². The zero-order valence-electron chi connectivity index (χ0n) is 7.20. The van der Waals surface area contributed by atoms with Crippen molar-refractivity contribution in [2.24, 2.45) is 0 Å². The molecule has 1 aromatic rings. The monoisotopic (exact) mass is 188 g/mol. The largest absolute Gasteiger partial charge is 0.494 e. The van der Waals surface area contributed by atoms with E-state index in [2.05, 4.69) is 0 Å². The summed E-state index contributed by atoms with van der Waals surface area (Å²) in [5, 5.41) is 17.5. The maximum Gasteiger partial charge on any atom is 0.488 e. The van der Waals surface area contributed by atoms with Crippen molar-refractivity contribution in [2.45, 2.75) is 6.92 Å². The minimum absolute atomic E-state index is 0. The van der Waals surface area contributed by atoms with E-state index >= 15 is 0 Å². The summed E-state index contributed by atoms with van der Waals surface area (Å²) < 4.78 is 17.8. The summed E-state index contributed by atoms with van der Waals surface area (Å²) in [5.41, 5.74) is 0.0865. The summed E-state index contributed by atoms with van der Waals surface area (Å²) in [6.45, 7) is 2.17. The number of halogens is 1. The van der Waals surface area contributed by atoms with E-state index in [1.54, 1.807) is 6.92 Å². The maximum atomic E-state index is 12.8. The molecule has 0 heterocycles. The molecule has 1 aromatic carbocycles. The first kappa shape index (κ1) is 10.0. The standard InChI is InChI=1S/C8H10BFO3.2H2/c1-2-13-8-4-6(9(11)12)3-7(10)5-8;;/h3-5,11-12H,2H2,1H3;2*1H. The number of hydrogen-bond donors (Lipinski definition) is 2. The number of benzene rings is 1. The van der Waals surface area contributed by atoms with E-state index in [1.807, 2.05) is 0 Å². The lowest BCUT2D eigenvalue weighted by Crippen LogP contribution is -2.30. The highest BCUT2D eigenvalue weighted by atomic mass is 19.1. The Labute approximate surface area is 78.9 Å². The second-order valence-electron chi connectivity index (χ2n) is 2.53. The normalized spacial score (nSPS) is 9.85. The average molecular weight is 188 g/mol. The summed E-state index contributed by atoms with van der Waals surface area (Å²) in [4.78, 5) is 0. The van der Waals surface area contributed by atoms with Crippen LogP contribution in [0.25, 0.3) is 0 Å². The van der Waals surface area contributed by atoms with Gasteiger partial charge in [-0.2, -0.15) is 0 Å². The number of ether oxygens (including phenoxy) is 1. The summed E-state index contributed by atoms with van der Waals surface area (Å²) in [5.74, 6) is -0.250. The Kier molecular flexibility index (Phi) is 3.28. The van der Waals surface area contributed by atoms with E-state index in [4.69, 9.17) is 14.8 Å². The number of rotatable bonds is 3. The van der Waals surface area contributed by atoms with Gasteiger partial charge in [0.2, 0.25) is 0 Å². The molecule has 0 fully saturated rings. The molecule has 2 N–H and O–H groups in total. The summed E-state index contributed by atoms with van der Waals surface area (Å²) >= 11 is 0. The molecule has 13 heavy (non-hydrogen) atoms. The molecule has 0 saturated heterocycles. The van der Waals surface area contributed by atoms with Gasteiger partial charge in [0.15, 0.2) is 0 Å². The van der Waals surface area contributed by atoms with Gasteiger partial charge >= 0.3 is 7.12 Å². The lowest BCUT2D eigenvalue weighted by molar-refractivity contribution is 0.338. The molecule has 0 radical (unpaired) electrons. The average Bonchev–Trinajstić information content (AvgIpc) is 2.03. The van der Waals surface area contributed by atoms with Crippen molar-refractivity contribution in [3.05, 3.63) is 24.0 Å². The highest BCUT2D eigenvalue weighted by molar-refractivity contribution is 6.58. The molecule has 0 aromatic heterocycles. The van der Waals surface area contributed by atoms with Crippen LogP contribution in [0.1, 0.15) is 9.78 Å². The summed E-state index contributed by atoms with van der Waals surface area (Å²) in [6.07, 6.45) is 0. The fourth-order valence-electron chi connectivity index (χ4n) is 0.983. The third-order valence-electron chi connectivity index (χ3n) is 1.50. The van der Waals surface area contributed by atoms with Gasteiger partial charge in [0.1, 0.15) is 11.6 Å². The third kappa shape index (κ3) is 2.71.